The van der Waals surface area contributed by atoms with Gasteiger partial charge in [-0.2, -0.15) is 0 Å². The minimum Gasteiger partial charge on any atom is -0.459 e. The fourth-order valence-electron chi connectivity index (χ4n) is 4.60. The number of rotatable bonds is 5. The second kappa shape index (κ2) is 8.34. The van der Waals surface area contributed by atoms with Crippen LogP contribution in [0.25, 0.3) is 0 Å². The first-order valence-electron chi connectivity index (χ1n) is 10.3. The van der Waals surface area contributed by atoms with Gasteiger partial charge in [0.1, 0.15) is 0 Å². The summed E-state index contributed by atoms with van der Waals surface area (Å²) in [6.45, 7) is 2.91. The molecule has 4 rings (SSSR count). The Morgan fingerprint density at radius 1 is 1.25 bits per heavy atom. The molecule has 3 atom stereocenters. The van der Waals surface area contributed by atoms with Gasteiger partial charge in [0.05, 0.1) is 12.3 Å². The molecule has 2 N–H and O–H groups in total. The topological polar surface area (TPSA) is 94.9 Å². The molecule has 28 heavy (non-hydrogen) atoms. The zero-order valence-corrected chi connectivity index (χ0v) is 16.1. The van der Waals surface area contributed by atoms with Gasteiger partial charge < -0.3 is 20.0 Å². The van der Waals surface area contributed by atoms with Gasteiger partial charge in [0.15, 0.2) is 5.76 Å². The number of hydrogen-bond acceptors (Lipinski definition) is 5. The molecule has 8 nitrogen and oxygen atoms in total. The number of amides is 3. The number of nitrogens with zero attached hydrogens (tertiary/aromatic N) is 2. The smallest absolute Gasteiger partial charge is 0.287 e. The van der Waals surface area contributed by atoms with Crippen molar-refractivity contribution in [2.24, 2.45) is 0 Å². The van der Waals surface area contributed by atoms with Crippen LogP contribution in [0, 0.1) is 0 Å². The molecule has 8 heteroatoms. The Balaban J connectivity index is 1.33. The molecule has 3 amide bonds. The second-order valence-electron chi connectivity index (χ2n) is 7.98. The Kier molecular flexibility index (Phi) is 5.66. The van der Waals surface area contributed by atoms with Crippen LogP contribution in [0.3, 0.4) is 0 Å². The number of likely N-dealkylation sites (tertiary alicyclic amines) is 1. The van der Waals surface area contributed by atoms with E-state index in [-0.39, 0.29) is 41.6 Å². The predicted octanol–water partition coefficient (Wildman–Crippen LogP) is 0.743. The summed E-state index contributed by atoms with van der Waals surface area (Å²) in [4.78, 5) is 41.2. The van der Waals surface area contributed by atoms with Gasteiger partial charge >= 0.3 is 0 Å². The van der Waals surface area contributed by atoms with Crippen molar-refractivity contribution in [1.29, 1.82) is 0 Å². The zero-order chi connectivity index (χ0) is 19.5. The molecule has 3 saturated heterocycles. The zero-order valence-electron chi connectivity index (χ0n) is 16.1. The summed E-state index contributed by atoms with van der Waals surface area (Å²) >= 11 is 0. The molecule has 0 aliphatic carbocycles. The van der Waals surface area contributed by atoms with Gasteiger partial charge in [-0.25, -0.2) is 0 Å². The number of piperidine rings is 1. The lowest BCUT2D eigenvalue weighted by molar-refractivity contribution is -0.133. The highest BCUT2D eigenvalue weighted by Crippen LogP contribution is 2.26. The lowest BCUT2D eigenvalue weighted by atomic mass is 10.0. The highest BCUT2D eigenvalue weighted by atomic mass is 16.3. The number of carbonyl (C=O) groups excluding carboxylic acids is 3. The van der Waals surface area contributed by atoms with Gasteiger partial charge in [-0.05, 0) is 44.2 Å². The third kappa shape index (κ3) is 4.06. The van der Waals surface area contributed by atoms with Crippen molar-refractivity contribution in [2.75, 3.05) is 26.2 Å². The lowest BCUT2D eigenvalue weighted by Crippen LogP contribution is -2.58. The Morgan fingerprint density at radius 3 is 2.82 bits per heavy atom. The van der Waals surface area contributed by atoms with Gasteiger partial charge in [-0.3, -0.25) is 19.3 Å². The van der Waals surface area contributed by atoms with Crippen LogP contribution in [-0.4, -0.2) is 71.8 Å². The van der Waals surface area contributed by atoms with Gasteiger partial charge in [-0.15, -0.1) is 0 Å². The van der Waals surface area contributed by atoms with Gasteiger partial charge in [-0.1, -0.05) is 0 Å². The minimum absolute atomic E-state index is 0.00774. The second-order valence-corrected chi connectivity index (χ2v) is 7.98. The SMILES string of the molecule is O=C(NC1CC2C(=O)NCC(CCC(=O)N3CCCCC3)N2C1)c1ccco1. The van der Waals surface area contributed by atoms with E-state index >= 15 is 0 Å². The maximum absolute atomic E-state index is 12.5. The summed E-state index contributed by atoms with van der Waals surface area (Å²) in [6.07, 6.45) is 6.68. The molecule has 152 valence electrons. The molecule has 3 aliphatic heterocycles. The van der Waals surface area contributed by atoms with Crippen LogP contribution >= 0.6 is 0 Å². The van der Waals surface area contributed by atoms with Crippen molar-refractivity contribution in [3.8, 4) is 0 Å². The maximum Gasteiger partial charge on any atom is 0.287 e. The van der Waals surface area contributed by atoms with Crippen molar-refractivity contribution in [3.05, 3.63) is 24.2 Å². The third-order valence-electron chi connectivity index (χ3n) is 6.10. The molecule has 1 aromatic rings. The summed E-state index contributed by atoms with van der Waals surface area (Å²) < 4.78 is 5.14. The Labute approximate surface area is 164 Å². The predicted molar refractivity (Wildman–Crippen MR) is 102 cm³/mol. The average Bonchev–Trinajstić information content (AvgIpc) is 3.38. The van der Waals surface area contributed by atoms with E-state index < -0.39 is 0 Å². The van der Waals surface area contributed by atoms with Crippen LogP contribution in [0.2, 0.25) is 0 Å². The third-order valence-corrected chi connectivity index (χ3v) is 6.10. The lowest BCUT2D eigenvalue weighted by Gasteiger charge is -2.37. The summed E-state index contributed by atoms with van der Waals surface area (Å²) in [6, 6.07) is 3.08. The van der Waals surface area contributed by atoms with Crippen molar-refractivity contribution < 1.29 is 18.8 Å². The molecule has 3 unspecified atom stereocenters. The Bertz CT molecular complexity index is 714. The van der Waals surface area contributed by atoms with E-state index in [1.165, 1.54) is 12.7 Å². The van der Waals surface area contributed by atoms with Gasteiger partial charge in [0, 0.05) is 44.7 Å². The van der Waals surface area contributed by atoms with Crippen molar-refractivity contribution >= 4 is 17.7 Å². The minimum atomic E-state index is -0.257. The van der Waals surface area contributed by atoms with Gasteiger partial charge in [0.25, 0.3) is 5.91 Å². The molecule has 0 aromatic carbocycles. The molecular formula is C20H28N4O4. The van der Waals surface area contributed by atoms with Crippen molar-refractivity contribution in [3.63, 3.8) is 0 Å². The molecule has 4 heterocycles. The van der Waals surface area contributed by atoms with Crippen LogP contribution in [0.15, 0.2) is 22.8 Å². The average molecular weight is 388 g/mol. The normalized spacial score (nSPS) is 27.9. The highest BCUT2D eigenvalue weighted by Gasteiger charge is 2.44. The van der Waals surface area contributed by atoms with E-state index in [2.05, 4.69) is 15.5 Å². The number of carbonyl (C=O) groups is 3. The molecule has 0 saturated carbocycles. The van der Waals surface area contributed by atoms with Gasteiger partial charge in [0.2, 0.25) is 11.8 Å². The number of hydrogen-bond donors (Lipinski definition) is 2. The fraction of sp³-hybridized carbons (Fsp3) is 0.650. The Hall–Kier alpha value is -2.35. The first-order chi connectivity index (χ1) is 13.6. The van der Waals surface area contributed by atoms with E-state index in [1.54, 1.807) is 12.1 Å². The first-order valence-corrected chi connectivity index (χ1v) is 10.3. The molecule has 0 radical (unpaired) electrons. The van der Waals surface area contributed by atoms with E-state index in [9.17, 15) is 14.4 Å². The standard InChI is InChI=1S/C20H28N4O4/c25-18(23-8-2-1-3-9-23)7-6-15-12-21-19(26)16-11-14(13-24(15)16)22-20(27)17-5-4-10-28-17/h4-5,10,14-16H,1-3,6-9,11-13H2,(H,21,26)(H,22,27). The van der Waals surface area contributed by atoms with E-state index in [0.29, 0.717) is 25.9 Å². The summed E-state index contributed by atoms with van der Waals surface area (Å²) in [5.41, 5.74) is 0. The van der Waals surface area contributed by atoms with E-state index in [0.717, 1.165) is 32.4 Å². The maximum atomic E-state index is 12.5. The largest absolute Gasteiger partial charge is 0.459 e. The molecule has 3 aliphatic rings. The van der Waals surface area contributed by atoms with Crippen molar-refractivity contribution in [2.45, 2.75) is 56.7 Å². The van der Waals surface area contributed by atoms with Crippen molar-refractivity contribution in [1.82, 2.24) is 20.4 Å². The summed E-state index contributed by atoms with van der Waals surface area (Å²) in [5.74, 6) is 0.244. The molecular weight excluding hydrogens is 360 g/mol. The van der Waals surface area contributed by atoms with Crippen LogP contribution in [-0.2, 0) is 9.59 Å². The molecule has 1 aromatic heterocycles. The highest BCUT2D eigenvalue weighted by molar-refractivity contribution is 5.91. The van der Waals surface area contributed by atoms with Crippen LogP contribution in [0.1, 0.15) is 49.1 Å². The monoisotopic (exact) mass is 388 g/mol. The number of furan rings is 1. The molecule has 0 spiro atoms. The number of piperazine rings is 1. The van der Waals surface area contributed by atoms with Crippen LogP contribution < -0.4 is 10.6 Å². The van der Waals surface area contributed by atoms with Crippen LogP contribution in [0.4, 0.5) is 0 Å². The number of fused-ring (bicyclic) bond motifs is 1. The number of nitrogens with one attached hydrogen (secondary N) is 2. The quantitative estimate of drug-likeness (QED) is 0.776. The summed E-state index contributed by atoms with van der Waals surface area (Å²) in [7, 11) is 0. The molecule has 0 bridgehead atoms. The molecule has 3 fully saturated rings. The van der Waals surface area contributed by atoms with E-state index in [4.69, 9.17) is 4.42 Å². The van der Waals surface area contributed by atoms with Crippen LogP contribution in [0.5, 0.6) is 0 Å². The first kappa shape index (κ1) is 19.0. The summed E-state index contributed by atoms with van der Waals surface area (Å²) in [5, 5.41) is 5.94. The Morgan fingerprint density at radius 2 is 2.07 bits per heavy atom. The van der Waals surface area contributed by atoms with E-state index in [1.807, 2.05) is 4.90 Å². The fourth-order valence-corrected chi connectivity index (χ4v) is 4.60.